The van der Waals surface area contributed by atoms with Gasteiger partial charge in [-0.1, -0.05) is 25.1 Å². The predicted octanol–water partition coefficient (Wildman–Crippen LogP) is 3.91. The van der Waals surface area contributed by atoms with Gasteiger partial charge in [-0.3, -0.25) is 0 Å². The van der Waals surface area contributed by atoms with Crippen LogP contribution in [0.1, 0.15) is 24.5 Å². The molecule has 0 aromatic heterocycles. The molecule has 2 aromatic rings. The van der Waals surface area contributed by atoms with Crippen LogP contribution in [0.15, 0.2) is 42.5 Å². The van der Waals surface area contributed by atoms with E-state index in [2.05, 4.69) is 0 Å². The molecular weight excluding hydrogens is 263 g/mol. The largest absolute Gasteiger partial charge is 0.321 e. The van der Waals surface area contributed by atoms with Gasteiger partial charge in [0.25, 0.3) is 0 Å². The molecule has 0 aliphatic rings. The molecule has 2 rings (SSSR count). The third-order valence-corrected chi connectivity index (χ3v) is 3.55. The lowest BCUT2D eigenvalue weighted by Gasteiger charge is -2.29. The average molecular weight is 279 g/mol. The zero-order valence-electron chi connectivity index (χ0n) is 11.2. The number of hydrogen-bond acceptors (Lipinski definition) is 1. The minimum atomic E-state index is -1.07. The molecular formula is C16H16F3N. The Balaban J connectivity index is 2.42. The van der Waals surface area contributed by atoms with E-state index in [1.807, 2.05) is 0 Å². The Labute approximate surface area is 116 Å². The zero-order valence-corrected chi connectivity index (χ0v) is 11.2. The van der Waals surface area contributed by atoms with E-state index in [4.69, 9.17) is 5.73 Å². The van der Waals surface area contributed by atoms with Gasteiger partial charge in [0.05, 0.1) is 0 Å². The molecule has 0 fully saturated rings. The van der Waals surface area contributed by atoms with Crippen molar-refractivity contribution < 1.29 is 13.2 Å². The van der Waals surface area contributed by atoms with Crippen LogP contribution in [0.3, 0.4) is 0 Å². The third-order valence-electron chi connectivity index (χ3n) is 3.55. The van der Waals surface area contributed by atoms with Crippen LogP contribution in [-0.4, -0.2) is 0 Å². The van der Waals surface area contributed by atoms with Gasteiger partial charge in [0.1, 0.15) is 17.5 Å². The predicted molar refractivity (Wildman–Crippen MR) is 72.6 cm³/mol. The molecule has 0 heterocycles. The lowest BCUT2D eigenvalue weighted by Crippen LogP contribution is -2.39. The highest BCUT2D eigenvalue weighted by Crippen LogP contribution is 2.29. The van der Waals surface area contributed by atoms with Crippen molar-refractivity contribution in [2.75, 3.05) is 0 Å². The fourth-order valence-electron chi connectivity index (χ4n) is 2.29. The van der Waals surface area contributed by atoms with Crippen molar-refractivity contribution in [3.05, 3.63) is 71.0 Å². The van der Waals surface area contributed by atoms with E-state index in [0.717, 1.165) is 18.2 Å². The van der Waals surface area contributed by atoms with Crippen LogP contribution in [0, 0.1) is 17.5 Å². The van der Waals surface area contributed by atoms with E-state index in [1.54, 1.807) is 25.1 Å². The Morgan fingerprint density at radius 3 is 2.35 bits per heavy atom. The van der Waals surface area contributed by atoms with E-state index in [1.165, 1.54) is 6.07 Å². The Bertz CT molecular complexity index is 612. The van der Waals surface area contributed by atoms with Gasteiger partial charge in [0.15, 0.2) is 0 Å². The minimum absolute atomic E-state index is 0.0357. The summed E-state index contributed by atoms with van der Waals surface area (Å²) >= 11 is 0. The van der Waals surface area contributed by atoms with Crippen LogP contribution in [0.4, 0.5) is 13.2 Å². The van der Waals surface area contributed by atoms with E-state index in [-0.39, 0.29) is 12.0 Å². The van der Waals surface area contributed by atoms with E-state index >= 15 is 0 Å². The maximum absolute atomic E-state index is 13.9. The fraction of sp³-hybridized carbons (Fsp3) is 0.250. The molecule has 106 valence electrons. The first-order valence-electron chi connectivity index (χ1n) is 6.44. The molecule has 1 unspecified atom stereocenters. The van der Waals surface area contributed by atoms with Crippen molar-refractivity contribution in [1.29, 1.82) is 0 Å². The second-order valence-corrected chi connectivity index (χ2v) is 4.90. The monoisotopic (exact) mass is 279 g/mol. The van der Waals surface area contributed by atoms with Crippen LogP contribution in [0.25, 0.3) is 0 Å². The Morgan fingerprint density at radius 2 is 1.70 bits per heavy atom. The molecule has 1 nitrogen and oxygen atoms in total. The van der Waals surface area contributed by atoms with Crippen molar-refractivity contribution in [2.24, 2.45) is 5.73 Å². The highest BCUT2D eigenvalue weighted by molar-refractivity contribution is 5.30. The van der Waals surface area contributed by atoms with Crippen molar-refractivity contribution >= 4 is 0 Å². The Kier molecular flexibility index (Phi) is 4.14. The Hall–Kier alpha value is -1.81. The molecule has 20 heavy (non-hydrogen) atoms. The molecule has 0 aliphatic carbocycles. The normalized spacial score (nSPS) is 14.1. The number of nitrogens with two attached hydrogens (primary N) is 1. The van der Waals surface area contributed by atoms with Gasteiger partial charge < -0.3 is 5.73 Å². The summed E-state index contributed by atoms with van der Waals surface area (Å²) in [6.07, 6.45) is 0.442. The quantitative estimate of drug-likeness (QED) is 0.902. The summed E-state index contributed by atoms with van der Waals surface area (Å²) in [5, 5.41) is 0. The van der Waals surface area contributed by atoms with Gasteiger partial charge in [-0.15, -0.1) is 0 Å². The topological polar surface area (TPSA) is 26.0 Å². The molecule has 2 N–H and O–H groups in total. The summed E-state index contributed by atoms with van der Waals surface area (Å²) in [6.45, 7) is 1.80. The molecule has 0 spiro atoms. The molecule has 0 saturated carbocycles. The van der Waals surface area contributed by atoms with Gasteiger partial charge in [-0.25, -0.2) is 13.2 Å². The van der Waals surface area contributed by atoms with E-state index in [9.17, 15) is 13.2 Å². The summed E-state index contributed by atoms with van der Waals surface area (Å²) in [5.41, 5.74) is 5.63. The second-order valence-electron chi connectivity index (χ2n) is 4.90. The Morgan fingerprint density at radius 1 is 1.00 bits per heavy atom. The van der Waals surface area contributed by atoms with E-state index in [0.29, 0.717) is 12.0 Å². The summed E-state index contributed by atoms with van der Waals surface area (Å²) in [4.78, 5) is 0. The SMILES string of the molecule is CCC(N)(Cc1cc(F)ccc1F)c1ccccc1F. The molecule has 1 atom stereocenters. The van der Waals surface area contributed by atoms with Gasteiger partial charge in [0, 0.05) is 11.1 Å². The van der Waals surface area contributed by atoms with Crippen molar-refractivity contribution in [2.45, 2.75) is 25.3 Å². The molecule has 0 aliphatic heterocycles. The van der Waals surface area contributed by atoms with Crippen LogP contribution < -0.4 is 5.73 Å². The van der Waals surface area contributed by atoms with Crippen LogP contribution in [0.2, 0.25) is 0 Å². The molecule has 0 saturated heterocycles. The second kappa shape index (κ2) is 5.67. The number of halogens is 3. The van der Waals surface area contributed by atoms with Gasteiger partial charge in [-0.05, 0) is 42.7 Å². The maximum Gasteiger partial charge on any atom is 0.128 e. The maximum atomic E-state index is 13.9. The third kappa shape index (κ3) is 2.85. The summed E-state index contributed by atoms with van der Waals surface area (Å²) in [5.74, 6) is -1.51. The van der Waals surface area contributed by atoms with Crippen molar-refractivity contribution in [3.63, 3.8) is 0 Å². The molecule has 0 bridgehead atoms. The first-order valence-corrected chi connectivity index (χ1v) is 6.44. The fourth-order valence-corrected chi connectivity index (χ4v) is 2.29. The van der Waals surface area contributed by atoms with Crippen molar-refractivity contribution in [3.8, 4) is 0 Å². The number of hydrogen-bond donors (Lipinski definition) is 1. The van der Waals surface area contributed by atoms with Crippen molar-refractivity contribution in [1.82, 2.24) is 0 Å². The highest BCUT2D eigenvalue weighted by Gasteiger charge is 2.29. The van der Waals surface area contributed by atoms with E-state index < -0.39 is 23.0 Å². The highest BCUT2D eigenvalue weighted by atomic mass is 19.1. The minimum Gasteiger partial charge on any atom is -0.321 e. The summed E-state index contributed by atoms with van der Waals surface area (Å²) < 4.78 is 40.9. The smallest absolute Gasteiger partial charge is 0.128 e. The molecule has 2 aromatic carbocycles. The summed E-state index contributed by atoms with van der Waals surface area (Å²) in [7, 11) is 0. The molecule has 0 amide bonds. The van der Waals surface area contributed by atoms with Crippen LogP contribution in [0.5, 0.6) is 0 Å². The standard InChI is InChI=1S/C16H16F3N/c1-2-16(20,13-5-3-4-6-15(13)19)10-11-9-12(17)7-8-14(11)18/h3-9H,2,10,20H2,1H3. The van der Waals surface area contributed by atoms with Crippen LogP contribution >= 0.6 is 0 Å². The number of benzene rings is 2. The first kappa shape index (κ1) is 14.6. The van der Waals surface area contributed by atoms with Gasteiger partial charge in [-0.2, -0.15) is 0 Å². The first-order chi connectivity index (χ1) is 9.46. The molecule has 4 heteroatoms. The van der Waals surface area contributed by atoms with Crippen LogP contribution in [-0.2, 0) is 12.0 Å². The zero-order chi connectivity index (χ0) is 14.8. The summed E-state index contributed by atoms with van der Waals surface area (Å²) in [6, 6.07) is 9.35. The molecule has 0 radical (unpaired) electrons. The van der Waals surface area contributed by atoms with Gasteiger partial charge >= 0.3 is 0 Å². The lowest BCUT2D eigenvalue weighted by molar-refractivity contribution is 0.395. The average Bonchev–Trinajstić information content (AvgIpc) is 2.43. The number of rotatable bonds is 4. The van der Waals surface area contributed by atoms with Gasteiger partial charge in [0.2, 0.25) is 0 Å². The lowest BCUT2D eigenvalue weighted by atomic mass is 9.82.